The van der Waals surface area contributed by atoms with Crippen LogP contribution in [-0.4, -0.2) is 173 Å². The Morgan fingerprint density at radius 3 is 2.20 bits per heavy atom. The molecule has 2 spiro atoms. The summed E-state index contributed by atoms with van der Waals surface area (Å²) >= 11 is 0. The van der Waals surface area contributed by atoms with Gasteiger partial charge in [0.1, 0.15) is 36.1 Å². The second-order valence-electron chi connectivity index (χ2n) is 22.3. The van der Waals surface area contributed by atoms with Crippen LogP contribution in [0.3, 0.4) is 0 Å². The molecule has 6 N–H and O–H groups in total. The molecule has 8 rings (SSSR count). The summed E-state index contributed by atoms with van der Waals surface area (Å²) in [5, 5.41) is 17.0. The Balaban J connectivity index is 0.671. The minimum atomic E-state index is -1.08. The van der Waals surface area contributed by atoms with Gasteiger partial charge in [-0.05, 0) is 116 Å². The zero-order valence-corrected chi connectivity index (χ0v) is 44.0. The number of Topliss-reactive ketones (excluding diaryl/α,β-unsaturated/α-hetero) is 1. The van der Waals surface area contributed by atoms with E-state index >= 15 is 0 Å². The average Bonchev–Trinajstić information content (AvgIpc) is 4.30. The van der Waals surface area contributed by atoms with Crippen LogP contribution in [0.5, 0.6) is 0 Å². The van der Waals surface area contributed by atoms with Gasteiger partial charge in [-0.1, -0.05) is 19.8 Å². The van der Waals surface area contributed by atoms with E-state index in [1.165, 1.54) is 0 Å². The fourth-order valence-corrected chi connectivity index (χ4v) is 12.3. The maximum atomic E-state index is 14.5. The Morgan fingerprint density at radius 2 is 1.49 bits per heavy atom. The van der Waals surface area contributed by atoms with Crippen LogP contribution in [0.15, 0.2) is 11.1 Å². The first kappa shape index (κ1) is 55.6. The Kier molecular flexibility index (Phi) is 17.8. The van der Waals surface area contributed by atoms with E-state index in [0.29, 0.717) is 123 Å². The van der Waals surface area contributed by atoms with Crippen molar-refractivity contribution in [3.63, 3.8) is 0 Å². The van der Waals surface area contributed by atoms with Crippen molar-refractivity contribution in [2.75, 3.05) is 72.5 Å². The van der Waals surface area contributed by atoms with Gasteiger partial charge in [0, 0.05) is 56.3 Å². The molecule has 0 bridgehead atoms. The lowest BCUT2D eigenvalue weighted by molar-refractivity contribution is -0.138. The molecule has 5 heterocycles. The molecule has 5 aliphatic heterocycles. The maximum absolute atomic E-state index is 14.5. The number of hydrogen-bond donors (Lipinski definition) is 6. The number of hydrogen-bond acceptors (Lipinski definition) is 16. The zero-order chi connectivity index (χ0) is 52.7. The summed E-state index contributed by atoms with van der Waals surface area (Å²) in [5.41, 5.74) is -2.21. The number of amides is 6. The Labute approximate surface area is 433 Å². The number of alkyl carbamates (subject to hydrolysis) is 2. The van der Waals surface area contributed by atoms with Gasteiger partial charge in [0.25, 0.3) is 0 Å². The second kappa shape index (κ2) is 23.7. The van der Waals surface area contributed by atoms with Crippen molar-refractivity contribution in [3.05, 3.63) is 11.1 Å². The number of carbonyl (C=O) groups is 7. The van der Waals surface area contributed by atoms with E-state index in [1.807, 2.05) is 6.92 Å². The van der Waals surface area contributed by atoms with Crippen molar-refractivity contribution in [3.8, 4) is 0 Å². The number of unbranched alkanes of at least 4 members (excludes halogenated alkanes) is 3. The Morgan fingerprint density at radius 1 is 0.770 bits per heavy atom. The highest BCUT2D eigenvalue weighted by atomic mass is 16.7. The van der Waals surface area contributed by atoms with E-state index in [4.69, 9.17) is 42.6 Å². The van der Waals surface area contributed by atoms with Crippen molar-refractivity contribution in [2.45, 2.75) is 190 Å². The fourth-order valence-electron chi connectivity index (χ4n) is 12.3. The fraction of sp³-hybridized carbons (Fsp3) is 0.827. The molecule has 6 amide bonds. The summed E-state index contributed by atoms with van der Waals surface area (Å²) in [5.74, 6) is -0.655. The van der Waals surface area contributed by atoms with Gasteiger partial charge in [0.05, 0.1) is 45.2 Å². The van der Waals surface area contributed by atoms with Crippen LogP contribution in [0.25, 0.3) is 0 Å². The Hall–Kier alpha value is -4.61. The highest BCUT2D eigenvalue weighted by Gasteiger charge is 3.00. The molecule has 74 heavy (non-hydrogen) atoms. The van der Waals surface area contributed by atoms with E-state index in [1.54, 1.807) is 20.8 Å². The van der Waals surface area contributed by atoms with Gasteiger partial charge >= 0.3 is 24.2 Å². The molecular formula is C52H80N6O16. The lowest BCUT2D eigenvalue weighted by Crippen LogP contribution is -2.66. The predicted octanol–water partition coefficient (Wildman–Crippen LogP) is 3.31. The first-order valence-electron chi connectivity index (χ1n) is 27.2. The SMILES string of the molecule is C[C@@H]1NC(=O)N[C@@H]1CCCCCC(=O)NCCCOCCOCCOCCCNC(=O)C(CCCCNC(=O)OC(C)(C)C)NC(=O)OCCC[C@]12O[C@H]1[C@@H]1O[C@@]13[C@@]1(C)CCC4=C(COC4=O)[C@@H]1C[C@@H]1O[C@@]13C2=O. The first-order chi connectivity index (χ1) is 35.5. The summed E-state index contributed by atoms with van der Waals surface area (Å²) in [6, 6.07) is -0.732. The molecule has 2 saturated carbocycles. The van der Waals surface area contributed by atoms with E-state index in [-0.39, 0.29) is 79.4 Å². The number of urea groups is 1. The summed E-state index contributed by atoms with van der Waals surface area (Å²) in [6.07, 6.45) is 6.87. The van der Waals surface area contributed by atoms with Gasteiger partial charge in [-0.3, -0.25) is 14.4 Å². The molecule has 0 aromatic carbocycles. The van der Waals surface area contributed by atoms with Gasteiger partial charge in [-0.15, -0.1) is 0 Å². The number of esters is 1. The molecule has 1 unspecified atom stereocenters. The maximum Gasteiger partial charge on any atom is 0.407 e. The molecule has 6 fully saturated rings. The number of carbonyl (C=O) groups excluding carboxylic acids is 7. The third kappa shape index (κ3) is 12.1. The molecular weight excluding hydrogens is 965 g/mol. The minimum Gasteiger partial charge on any atom is -0.458 e. The number of fused-ring (bicyclic) bond motifs is 4. The van der Waals surface area contributed by atoms with Crippen molar-refractivity contribution in [1.29, 1.82) is 0 Å². The molecule has 3 aliphatic carbocycles. The van der Waals surface area contributed by atoms with Gasteiger partial charge in [-0.2, -0.15) is 0 Å². The second-order valence-corrected chi connectivity index (χ2v) is 22.3. The molecule has 414 valence electrons. The van der Waals surface area contributed by atoms with Crippen molar-refractivity contribution in [2.24, 2.45) is 11.3 Å². The minimum absolute atomic E-state index is 0.00959. The molecule has 11 atom stereocenters. The normalized spacial score (nSPS) is 31.9. The number of cyclic esters (lactones) is 1. The lowest BCUT2D eigenvalue weighted by Gasteiger charge is -2.51. The van der Waals surface area contributed by atoms with Crippen LogP contribution < -0.4 is 31.9 Å². The highest BCUT2D eigenvalue weighted by Crippen LogP contribution is 2.81. The smallest absolute Gasteiger partial charge is 0.407 e. The third-order valence-electron chi connectivity index (χ3n) is 16.2. The molecule has 4 saturated heterocycles. The predicted molar refractivity (Wildman–Crippen MR) is 263 cm³/mol. The summed E-state index contributed by atoms with van der Waals surface area (Å²) < 4.78 is 52.4. The van der Waals surface area contributed by atoms with Crippen molar-refractivity contribution < 1.29 is 76.2 Å². The topological polar surface area (TPSA) is 285 Å². The summed E-state index contributed by atoms with van der Waals surface area (Å²) in [6.45, 7) is 13.4. The van der Waals surface area contributed by atoms with Crippen LogP contribution in [0.4, 0.5) is 14.4 Å². The summed E-state index contributed by atoms with van der Waals surface area (Å²) in [7, 11) is 0. The molecule has 0 radical (unpaired) electrons. The number of nitrogens with one attached hydrogen (secondary N) is 6. The molecule has 22 nitrogen and oxygen atoms in total. The van der Waals surface area contributed by atoms with Crippen LogP contribution >= 0.6 is 0 Å². The van der Waals surface area contributed by atoms with Crippen LogP contribution in [-0.2, 0) is 61.8 Å². The van der Waals surface area contributed by atoms with E-state index in [9.17, 15) is 33.6 Å². The standard InChI is InChI=1S/C52H80N6O16/c1-32-36(57-45(63)56-32)14-7-6-8-16-39(59)53-21-12-23-66-26-28-68-29-27-67-24-13-22-54-42(60)37(15-9-10-20-55-46(64)74-48(2,3)4)58-47(65)69-25-11-18-50-40(72-50)41-52(73-41)49(5)19-17-33-34(31-70-43(33)61)35(49)30-38-51(52,71-38)44(50)62/h32,35-38,40-41H,6-31H2,1-5H3,(H,53,59)(H,54,60)(H,55,64)(H,58,65)(H2,56,57,63)/t32-,35-,36+,37?,38-,40-,41-,49-,50-,51+,52+/m0/s1. The quantitative estimate of drug-likeness (QED) is 0.0251. The van der Waals surface area contributed by atoms with Crippen molar-refractivity contribution in [1.82, 2.24) is 31.9 Å². The molecule has 0 aromatic rings. The van der Waals surface area contributed by atoms with Gasteiger partial charge in [0.2, 0.25) is 17.6 Å². The lowest BCUT2D eigenvalue weighted by atomic mass is 9.47. The van der Waals surface area contributed by atoms with Gasteiger partial charge in [-0.25, -0.2) is 19.2 Å². The van der Waals surface area contributed by atoms with Gasteiger partial charge < -0.3 is 74.5 Å². The third-order valence-corrected chi connectivity index (χ3v) is 16.2. The van der Waals surface area contributed by atoms with Crippen molar-refractivity contribution >= 4 is 41.8 Å². The van der Waals surface area contributed by atoms with Crippen LogP contribution in [0, 0.1) is 11.3 Å². The van der Waals surface area contributed by atoms with E-state index in [0.717, 1.165) is 36.8 Å². The number of ether oxygens (including phenoxy) is 9. The molecule has 22 heteroatoms. The van der Waals surface area contributed by atoms with Gasteiger partial charge in [0.15, 0.2) is 11.2 Å². The van der Waals surface area contributed by atoms with Crippen LogP contribution in [0.2, 0.25) is 0 Å². The van der Waals surface area contributed by atoms with Crippen LogP contribution in [0.1, 0.15) is 131 Å². The number of rotatable bonds is 31. The molecule has 0 aromatic heterocycles. The first-order valence-corrected chi connectivity index (χ1v) is 27.2. The monoisotopic (exact) mass is 1040 g/mol. The Bertz CT molecular complexity index is 2120. The summed E-state index contributed by atoms with van der Waals surface area (Å²) in [4.78, 5) is 89.0. The van der Waals surface area contributed by atoms with E-state index in [2.05, 4.69) is 38.8 Å². The highest BCUT2D eigenvalue weighted by molar-refractivity contribution is 6.05. The molecule has 8 aliphatic rings. The number of ketones is 1. The zero-order valence-electron chi connectivity index (χ0n) is 44.0. The van der Waals surface area contributed by atoms with E-state index < -0.39 is 52.2 Å². The number of epoxide rings is 3. The average molecular weight is 1050 g/mol. The largest absolute Gasteiger partial charge is 0.458 e.